The Balaban J connectivity index is 1.74. The first-order chi connectivity index (χ1) is 8.25. The summed E-state index contributed by atoms with van der Waals surface area (Å²) >= 11 is 2.14. The van der Waals surface area contributed by atoms with Gasteiger partial charge in [-0.3, -0.25) is 0 Å². The Morgan fingerprint density at radius 1 is 0.941 bits per heavy atom. The molecule has 1 N–H and O–H groups in total. The van der Waals surface area contributed by atoms with Crippen molar-refractivity contribution in [3.05, 3.63) is 0 Å². The van der Waals surface area contributed by atoms with Gasteiger partial charge in [-0.05, 0) is 49.7 Å². The molecule has 1 aliphatic heterocycles. The average Bonchev–Trinajstić information content (AvgIpc) is 2.56. The number of rotatable bonds is 3. The first kappa shape index (κ1) is 13.7. The SMILES string of the molecule is CC(C)C1CCCC(NC2CCCSC2)CC1. The van der Waals surface area contributed by atoms with Crippen LogP contribution in [0.2, 0.25) is 0 Å². The smallest absolute Gasteiger partial charge is 0.0161 e. The molecule has 17 heavy (non-hydrogen) atoms. The predicted molar refractivity (Wildman–Crippen MR) is 78.7 cm³/mol. The summed E-state index contributed by atoms with van der Waals surface area (Å²) in [4.78, 5) is 0. The molecule has 0 bridgehead atoms. The van der Waals surface area contributed by atoms with E-state index in [4.69, 9.17) is 0 Å². The molecule has 2 aliphatic rings. The van der Waals surface area contributed by atoms with Gasteiger partial charge in [0.15, 0.2) is 0 Å². The van der Waals surface area contributed by atoms with Gasteiger partial charge in [0.1, 0.15) is 0 Å². The van der Waals surface area contributed by atoms with E-state index in [1.165, 1.54) is 56.5 Å². The zero-order chi connectivity index (χ0) is 12.1. The van der Waals surface area contributed by atoms with Crippen LogP contribution in [0.3, 0.4) is 0 Å². The molecule has 1 heterocycles. The highest BCUT2D eigenvalue weighted by molar-refractivity contribution is 7.99. The van der Waals surface area contributed by atoms with Crippen molar-refractivity contribution in [3.63, 3.8) is 0 Å². The second-order valence-electron chi connectivity index (χ2n) is 6.29. The molecular formula is C15H29NS. The van der Waals surface area contributed by atoms with Gasteiger partial charge in [0.05, 0.1) is 0 Å². The molecule has 0 aromatic rings. The number of hydrogen-bond donors (Lipinski definition) is 1. The van der Waals surface area contributed by atoms with E-state index < -0.39 is 0 Å². The van der Waals surface area contributed by atoms with E-state index in [1.54, 1.807) is 0 Å². The fourth-order valence-corrected chi connectivity index (χ4v) is 4.45. The molecule has 2 heteroatoms. The van der Waals surface area contributed by atoms with Crippen LogP contribution >= 0.6 is 11.8 Å². The Hall–Kier alpha value is 0.310. The fraction of sp³-hybridized carbons (Fsp3) is 1.00. The topological polar surface area (TPSA) is 12.0 Å². The van der Waals surface area contributed by atoms with Crippen LogP contribution in [0.15, 0.2) is 0 Å². The van der Waals surface area contributed by atoms with Crippen molar-refractivity contribution in [2.75, 3.05) is 11.5 Å². The molecule has 0 aromatic heterocycles. The van der Waals surface area contributed by atoms with Crippen LogP contribution in [0, 0.1) is 11.8 Å². The molecule has 0 radical (unpaired) electrons. The van der Waals surface area contributed by atoms with Crippen molar-refractivity contribution in [3.8, 4) is 0 Å². The van der Waals surface area contributed by atoms with Gasteiger partial charge in [-0.25, -0.2) is 0 Å². The van der Waals surface area contributed by atoms with E-state index in [0.717, 1.165) is 23.9 Å². The molecule has 1 saturated heterocycles. The predicted octanol–water partition coefficient (Wildman–Crippen LogP) is 4.08. The molecule has 3 unspecified atom stereocenters. The van der Waals surface area contributed by atoms with Crippen LogP contribution in [0.5, 0.6) is 0 Å². The Bertz CT molecular complexity index is 211. The van der Waals surface area contributed by atoms with E-state index in [1.807, 2.05) is 0 Å². The van der Waals surface area contributed by atoms with E-state index >= 15 is 0 Å². The van der Waals surface area contributed by atoms with Crippen molar-refractivity contribution in [2.45, 2.75) is 70.9 Å². The van der Waals surface area contributed by atoms with Crippen molar-refractivity contribution in [1.82, 2.24) is 5.32 Å². The molecule has 1 saturated carbocycles. The Morgan fingerprint density at radius 2 is 1.76 bits per heavy atom. The summed E-state index contributed by atoms with van der Waals surface area (Å²) in [5.74, 6) is 4.61. The van der Waals surface area contributed by atoms with E-state index in [-0.39, 0.29) is 0 Å². The Kier molecular flexibility index (Phi) is 5.68. The maximum absolute atomic E-state index is 3.94. The molecule has 2 fully saturated rings. The van der Waals surface area contributed by atoms with Gasteiger partial charge in [0, 0.05) is 17.8 Å². The monoisotopic (exact) mass is 255 g/mol. The van der Waals surface area contributed by atoms with Gasteiger partial charge in [-0.1, -0.05) is 26.7 Å². The molecule has 1 aliphatic carbocycles. The van der Waals surface area contributed by atoms with Crippen molar-refractivity contribution in [2.24, 2.45) is 11.8 Å². The van der Waals surface area contributed by atoms with E-state index in [0.29, 0.717) is 0 Å². The van der Waals surface area contributed by atoms with Gasteiger partial charge in [0.25, 0.3) is 0 Å². The van der Waals surface area contributed by atoms with Gasteiger partial charge in [0.2, 0.25) is 0 Å². The highest BCUT2D eigenvalue weighted by Crippen LogP contribution is 2.29. The van der Waals surface area contributed by atoms with Crippen LogP contribution in [0.25, 0.3) is 0 Å². The maximum atomic E-state index is 3.94. The standard InChI is InChI=1S/C15H29NS/c1-12(2)13-5-3-6-14(9-8-13)16-15-7-4-10-17-11-15/h12-16H,3-11H2,1-2H3. The first-order valence-electron chi connectivity index (χ1n) is 7.59. The zero-order valence-electron chi connectivity index (χ0n) is 11.6. The summed E-state index contributed by atoms with van der Waals surface area (Å²) < 4.78 is 0. The summed E-state index contributed by atoms with van der Waals surface area (Å²) in [5, 5.41) is 3.94. The molecular weight excluding hydrogens is 226 g/mol. The van der Waals surface area contributed by atoms with Crippen LogP contribution in [-0.4, -0.2) is 23.6 Å². The highest BCUT2D eigenvalue weighted by Gasteiger charge is 2.23. The third-order valence-electron chi connectivity index (χ3n) is 4.59. The summed E-state index contributed by atoms with van der Waals surface area (Å²) in [5.41, 5.74) is 0. The molecule has 1 nitrogen and oxygen atoms in total. The molecule has 0 aromatic carbocycles. The minimum atomic E-state index is 0.814. The van der Waals surface area contributed by atoms with Crippen LogP contribution < -0.4 is 5.32 Å². The molecule has 100 valence electrons. The lowest BCUT2D eigenvalue weighted by molar-refractivity contribution is 0.333. The summed E-state index contributed by atoms with van der Waals surface area (Å²) in [6.07, 6.45) is 10.0. The van der Waals surface area contributed by atoms with Crippen molar-refractivity contribution in [1.29, 1.82) is 0 Å². The maximum Gasteiger partial charge on any atom is 0.0161 e. The molecule has 0 spiro atoms. The quantitative estimate of drug-likeness (QED) is 0.763. The Morgan fingerprint density at radius 3 is 2.47 bits per heavy atom. The zero-order valence-corrected chi connectivity index (χ0v) is 12.4. The average molecular weight is 255 g/mol. The number of nitrogens with one attached hydrogen (secondary N) is 1. The molecule has 0 amide bonds. The summed E-state index contributed by atoms with van der Waals surface area (Å²) in [7, 11) is 0. The summed E-state index contributed by atoms with van der Waals surface area (Å²) in [6.45, 7) is 4.80. The van der Waals surface area contributed by atoms with Crippen molar-refractivity contribution < 1.29 is 0 Å². The molecule has 2 rings (SSSR count). The van der Waals surface area contributed by atoms with Crippen molar-refractivity contribution >= 4 is 11.8 Å². The lowest BCUT2D eigenvalue weighted by Gasteiger charge is -2.28. The van der Waals surface area contributed by atoms with Crippen LogP contribution in [0.1, 0.15) is 58.8 Å². The van der Waals surface area contributed by atoms with Gasteiger partial charge < -0.3 is 5.32 Å². The number of hydrogen-bond acceptors (Lipinski definition) is 2. The normalized spacial score (nSPS) is 35.8. The van der Waals surface area contributed by atoms with Gasteiger partial charge >= 0.3 is 0 Å². The minimum Gasteiger partial charge on any atom is -0.310 e. The highest BCUT2D eigenvalue weighted by atomic mass is 32.2. The fourth-order valence-electron chi connectivity index (χ4n) is 3.37. The lowest BCUT2D eigenvalue weighted by atomic mass is 9.89. The largest absolute Gasteiger partial charge is 0.310 e. The Labute approximate surface area is 112 Å². The number of thioether (sulfide) groups is 1. The molecule has 3 atom stereocenters. The third kappa shape index (κ3) is 4.48. The van der Waals surface area contributed by atoms with Crippen LogP contribution in [0.4, 0.5) is 0 Å². The van der Waals surface area contributed by atoms with Gasteiger partial charge in [-0.15, -0.1) is 0 Å². The van der Waals surface area contributed by atoms with E-state index in [2.05, 4.69) is 30.9 Å². The van der Waals surface area contributed by atoms with Gasteiger partial charge in [-0.2, -0.15) is 11.8 Å². The lowest BCUT2D eigenvalue weighted by Crippen LogP contribution is -2.41. The minimum absolute atomic E-state index is 0.814. The summed E-state index contributed by atoms with van der Waals surface area (Å²) in [6, 6.07) is 1.64. The third-order valence-corrected chi connectivity index (χ3v) is 5.80. The van der Waals surface area contributed by atoms with Crippen LogP contribution in [-0.2, 0) is 0 Å². The first-order valence-corrected chi connectivity index (χ1v) is 8.75. The second kappa shape index (κ2) is 7.04. The van der Waals surface area contributed by atoms with E-state index in [9.17, 15) is 0 Å². The second-order valence-corrected chi connectivity index (χ2v) is 7.44.